The Morgan fingerprint density at radius 2 is 1.85 bits per heavy atom. The molecule has 0 bridgehead atoms. The van der Waals surface area contributed by atoms with Crippen molar-refractivity contribution < 1.29 is 24.2 Å². The number of nitrogens with zero attached hydrogens (tertiary/aromatic N) is 1. The molecular weight excluding hydrogens is 422 g/mol. The number of ether oxygens (including phenoxy) is 1. The van der Waals surface area contributed by atoms with E-state index in [1.807, 2.05) is 0 Å². The van der Waals surface area contributed by atoms with E-state index >= 15 is 0 Å². The SMILES string of the molecule is C#Cc1ccccc1C(C(=O)NCCCCC)N(CC)C(=O)C(CO)NC(=O)OC(C)(C)C. The number of terminal acetylenes is 1. The minimum atomic E-state index is -1.28. The van der Waals surface area contributed by atoms with E-state index in [0.29, 0.717) is 17.7 Å². The highest BCUT2D eigenvalue weighted by molar-refractivity contribution is 5.92. The molecule has 0 spiro atoms. The molecule has 2 unspecified atom stereocenters. The predicted molar refractivity (Wildman–Crippen MR) is 127 cm³/mol. The Bertz CT molecular complexity index is 841. The molecule has 0 radical (unpaired) electrons. The minimum Gasteiger partial charge on any atom is -0.444 e. The summed E-state index contributed by atoms with van der Waals surface area (Å²) in [5.41, 5.74) is 0.208. The van der Waals surface area contributed by atoms with Gasteiger partial charge in [0, 0.05) is 18.7 Å². The summed E-state index contributed by atoms with van der Waals surface area (Å²) in [6, 6.07) is 4.60. The molecule has 0 aliphatic carbocycles. The molecule has 1 aromatic carbocycles. The van der Waals surface area contributed by atoms with Crippen LogP contribution in [0.4, 0.5) is 4.79 Å². The van der Waals surface area contributed by atoms with Crippen molar-refractivity contribution in [3.05, 3.63) is 35.4 Å². The molecule has 0 saturated carbocycles. The minimum absolute atomic E-state index is 0.150. The molecule has 8 nitrogen and oxygen atoms in total. The van der Waals surface area contributed by atoms with Crippen molar-refractivity contribution in [2.24, 2.45) is 0 Å². The van der Waals surface area contributed by atoms with Crippen LogP contribution in [0.25, 0.3) is 0 Å². The Morgan fingerprint density at radius 1 is 1.18 bits per heavy atom. The number of benzene rings is 1. The standard InChI is InChI=1S/C25H37N3O5/c1-7-10-13-16-26-22(30)21(19-15-12-11-14-18(19)8-2)28(9-3)23(31)20(17-29)27-24(32)33-25(4,5)6/h2,11-12,14-15,20-21,29H,7,9-10,13,16-17H2,1,3-6H3,(H,26,30)(H,27,32). The number of carbonyl (C=O) groups excluding carboxylic acids is 3. The summed E-state index contributed by atoms with van der Waals surface area (Å²) in [5.74, 6) is 1.57. The van der Waals surface area contributed by atoms with Crippen LogP contribution >= 0.6 is 0 Å². The van der Waals surface area contributed by atoms with Gasteiger partial charge in [0.15, 0.2) is 0 Å². The van der Waals surface area contributed by atoms with Crippen molar-refractivity contribution in [1.82, 2.24) is 15.5 Å². The zero-order valence-electron chi connectivity index (χ0n) is 20.3. The maximum atomic E-state index is 13.4. The maximum absolute atomic E-state index is 13.4. The Kier molecular flexibility index (Phi) is 11.4. The number of carbonyl (C=O) groups is 3. The number of hydrogen-bond donors (Lipinski definition) is 3. The van der Waals surface area contributed by atoms with E-state index in [1.165, 1.54) is 4.90 Å². The van der Waals surface area contributed by atoms with Crippen LogP contribution in [0, 0.1) is 12.3 Å². The molecule has 2 atom stereocenters. The number of aliphatic hydroxyl groups excluding tert-OH is 1. The molecule has 3 amide bonds. The molecule has 0 fully saturated rings. The Balaban J connectivity index is 3.26. The van der Waals surface area contributed by atoms with Gasteiger partial charge in [0.1, 0.15) is 17.7 Å². The molecule has 0 aromatic heterocycles. The van der Waals surface area contributed by atoms with Gasteiger partial charge >= 0.3 is 6.09 Å². The quantitative estimate of drug-likeness (QED) is 0.348. The van der Waals surface area contributed by atoms with Crippen molar-refractivity contribution in [1.29, 1.82) is 0 Å². The predicted octanol–water partition coefficient (Wildman–Crippen LogP) is 2.75. The topological polar surface area (TPSA) is 108 Å². The summed E-state index contributed by atoms with van der Waals surface area (Å²) in [7, 11) is 0. The van der Waals surface area contributed by atoms with Crippen LogP contribution in [0.5, 0.6) is 0 Å². The van der Waals surface area contributed by atoms with Crippen molar-refractivity contribution in [3.8, 4) is 12.3 Å². The van der Waals surface area contributed by atoms with E-state index in [2.05, 4.69) is 23.5 Å². The van der Waals surface area contributed by atoms with Crippen molar-refractivity contribution in [2.45, 2.75) is 71.6 Å². The van der Waals surface area contributed by atoms with Gasteiger partial charge in [-0.05, 0) is 45.7 Å². The lowest BCUT2D eigenvalue weighted by molar-refractivity contribution is -0.143. The second-order valence-corrected chi connectivity index (χ2v) is 8.64. The highest BCUT2D eigenvalue weighted by atomic mass is 16.6. The van der Waals surface area contributed by atoms with Gasteiger partial charge in [-0.2, -0.15) is 0 Å². The molecule has 0 heterocycles. The fourth-order valence-electron chi connectivity index (χ4n) is 3.30. The van der Waals surface area contributed by atoms with Crippen LogP contribution in [0.2, 0.25) is 0 Å². The third-order valence-corrected chi connectivity index (χ3v) is 4.85. The third-order valence-electron chi connectivity index (χ3n) is 4.85. The van der Waals surface area contributed by atoms with Gasteiger partial charge in [0.25, 0.3) is 0 Å². The maximum Gasteiger partial charge on any atom is 0.408 e. The van der Waals surface area contributed by atoms with Crippen LogP contribution < -0.4 is 10.6 Å². The second-order valence-electron chi connectivity index (χ2n) is 8.64. The van der Waals surface area contributed by atoms with Crippen molar-refractivity contribution in [2.75, 3.05) is 19.7 Å². The fourth-order valence-corrected chi connectivity index (χ4v) is 3.30. The number of unbranched alkanes of at least 4 members (excludes halogenated alkanes) is 2. The Hall–Kier alpha value is -3.05. The van der Waals surface area contributed by atoms with E-state index in [-0.39, 0.29) is 12.5 Å². The summed E-state index contributed by atoms with van der Waals surface area (Å²) in [6.45, 7) is 8.82. The molecule has 33 heavy (non-hydrogen) atoms. The van der Waals surface area contributed by atoms with Crippen LogP contribution in [-0.2, 0) is 14.3 Å². The molecule has 3 N–H and O–H groups in total. The second kappa shape index (κ2) is 13.5. The van der Waals surface area contributed by atoms with E-state index in [0.717, 1.165) is 19.3 Å². The number of likely N-dealkylation sites (N-methyl/N-ethyl adjacent to an activating group) is 1. The number of rotatable bonds is 11. The first-order chi connectivity index (χ1) is 15.6. The Morgan fingerprint density at radius 3 is 2.39 bits per heavy atom. The highest BCUT2D eigenvalue weighted by Gasteiger charge is 2.36. The van der Waals surface area contributed by atoms with Gasteiger partial charge in [0.2, 0.25) is 11.8 Å². The summed E-state index contributed by atoms with van der Waals surface area (Å²) in [6.07, 6.45) is 7.61. The lowest BCUT2D eigenvalue weighted by Crippen LogP contribution is -2.54. The molecule has 8 heteroatoms. The summed E-state index contributed by atoms with van der Waals surface area (Å²) < 4.78 is 5.20. The van der Waals surface area contributed by atoms with Crippen LogP contribution in [-0.4, -0.2) is 59.3 Å². The van der Waals surface area contributed by atoms with Gasteiger partial charge in [-0.3, -0.25) is 9.59 Å². The number of alkyl carbamates (subject to hydrolysis) is 1. The van der Waals surface area contributed by atoms with Crippen molar-refractivity contribution >= 4 is 17.9 Å². The van der Waals surface area contributed by atoms with E-state index in [1.54, 1.807) is 52.0 Å². The Labute approximate surface area is 197 Å². The summed E-state index contributed by atoms with van der Waals surface area (Å²) in [5, 5.41) is 15.1. The highest BCUT2D eigenvalue weighted by Crippen LogP contribution is 2.25. The third kappa shape index (κ3) is 8.78. The summed E-state index contributed by atoms with van der Waals surface area (Å²) >= 11 is 0. The first-order valence-corrected chi connectivity index (χ1v) is 11.3. The van der Waals surface area contributed by atoms with Crippen molar-refractivity contribution in [3.63, 3.8) is 0 Å². The zero-order chi connectivity index (χ0) is 25.0. The van der Waals surface area contributed by atoms with Crippen LogP contribution in [0.3, 0.4) is 0 Å². The average molecular weight is 460 g/mol. The van der Waals surface area contributed by atoms with E-state index in [4.69, 9.17) is 11.2 Å². The molecule has 1 aromatic rings. The monoisotopic (exact) mass is 459 g/mol. The first kappa shape index (κ1) is 28.0. The first-order valence-electron chi connectivity index (χ1n) is 11.3. The zero-order valence-corrected chi connectivity index (χ0v) is 20.3. The molecular formula is C25H37N3O5. The molecule has 1 rings (SSSR count). The molecule has 0 saturated heterocycles. The largest absolute Gasteiger partial charge is 0.444 e. The van der Waals surface area contributed by atoms with E-state index < -0.39 is 36.3 Å². The molecule has 182 valence electrons. The van der Waals surface area contributed by atoms with Crippen LogP contribution in [0.15, 0.2) is 24.3 Å². The van der Waals surface area contributed by atoms with Gasteiger partial charge in [-0.1, -0.05) is 43.9 Å². The van der Waals surface area contributed by atoms with E-state index in [9.17, 15) is 19.5 Å². The lowest BCUT2D eigenvalue weighted by atomic mass is 9.97. The normalized spacial score (nSPS) is 12.8. The van der Waals surface area contributed by atoms with Gasteiger partial charge < -0.3 is 25.4 Å². The van der Waals surface area contributed by atoms with Gasteiger partial charge in [-0.15, -0.1) is 6.42 Å². The van der Waals surface area contributed by atoms with Gasteiger partial charge in [-0.25, -0.2) is 4.79 Å². The number of nitrogens with one attached hydrogen (secondary N) is 2. The smallest absolute Gasteiger partial charge is 0.408 e. The molecule has 0 aliphatic rings. The average Bonchev–Trinajstić information content (AvgIpc) is 2.76. The summed E-state index contributed by atoms with van der Waals surface area (Å²) in [4.78, 5) is 40.1. The number of aliphatic hydroxyl groups is 1. The number of amides is 3. The fraction of sp³-hybridized carbons (Fsp3) is 0.560. The van der Waals surface area contributed by atoms with Gasteiger partial charge in [0.05, 0.1) is 6.61 Å². The molecule has 0 aliphatic heterocycles. The lowest BCUT2D eigenvalue weighted by Gasteiger charge is -2.33. The number of hydrogen-bond acceptors (Lipinski definition) is 5. The van der Waals surface area contributed by atoms with Crippen LogP contribution in [0.1, 0.15) is 71.0 Å².